The van der Waals surface area contributed by atoms with E-state index in [2.05, 4.69) is 36.6 Å². The summed E-state index contributed by atoms with van der Waals surface area (Å²) in [4.78, 5) is 11.5. The van der Waals surface area contributed by atoms with Gasteiger partial charge in [-0.15, -0.1) is 0 Å². The van der Waals surface area contributed by atoms with E-state index in [1.807, 2.05) is 48.6 Å². The Morgan fingerprint density at radius 3 is 2.09 bits per heavy atom. The van der Waals surface area contributed by atoms with Gasteiger partial charge < -0.3 is 17.2 Å². The van der Waals surface area contributed by atoms with Crippen molar-refractivity contribution in [3.63, 3.8) is 0 Å². The van der Waals surface area contributed by atoms with Crippen LogP contribution in [0.25, 0.3) is 17.7 Å². The quantitative estimate of drug-likeness (QED) is 0.145. The van der Waals surface area contributed by atoms with Crippen LogP contribution >= 0.6 is 0 Å². The fourth-order valence-corrected chi connectivity index (χ4v) is 3.78. The monoisotopic (exact) mass is 494 g/mol. The summed E-state index contributed by atoms with van der Waals surface area (Å²) in [6.45, 7) is 3.76. The number of rotatable bonds is 6. The van der Waals surface area contributed by atoms with E-state index in [4.69, 9.17) is 28.0 Å². The van der Waals surface area contributed by atoms with Crippen molar-refractivity contribution < 1.29 is 15.0 Å². The fraction of sp³-hybridized carbons (Fsp3) is 0. The molecule has 0 radical (unpaired) electrons. The van der Waals surface area contributed by atoms with E-state index < -0.39 is 0 Å². The van der Waals surface area contributed by atoms with Crippen molar-refractivity contribution in [2.24, 2.45) is 17.2 Å². The summed E-state index contributed by atoms with van der Waals surface area (Å²) in [7, 11) is 0. The molecule has 1 aliphatic rings. The first kappa shape index (κ1) is 22.8. The van der Waals surface area contributed by atoms with Crippen molar-refractivity contribution in [3.05, 3.63) is 111 Å². The number of hydrogen-bond acceptors (Lipinski definition) is 5. The van der Waals surface area contributed by atoms with Crippen LogP contribution in [0.15, 0.2) is 77.8 Å². The van der Waals surface area contributed by atoms with Crippen LogP contribution < -0.4 is 27.9 Å². The molecule has 9 heteroatoms. The summed E-state index contributed by atoms with van der Waals surface area (Å²) in [6, 6.07) is 11.6. The van der Waals surface area contributed by atoms with Crippen LogP contribution in [0.5, 0.6) is 0 Å². The Balaban J connectivity index is 1.70. The van der Waals surface area contributed by atoms with Gasteiger partial charge in [0.05, 0.1) is 17.1 Å². The minimum absolute atomic E-state index is 0.0574. The molecule has 0 amide bonds. The topological polar surface area (TPSA) is 173 Å². The van der Waals surface area contributed by atoms with E-state index >= 15 is 0 Å². The summed E-state index contributed by atoms with van der Waals surface area (Å²) >= 11 is 4.64. The molecular weight excluding hydrogens is 471 g/mol. The Bertz CT molecular complexity index is 1550. The van der Waals surface area contributed by atoms with E-state index in [0.29, 0.717) is 22.5 Å². The Hall–Kier alpha value is -4.36. The Morgan fingerprint density at radius 2 is 1.47 bits per heavy atom. The molecule has 3 aromatic rings. The zero-order chi connectivity index (χ0) is 24.4. The third-order valence-corrected chi connectivity index (χ3v) is 5.65. The standard InChI is InChI=1S/C25H24N8.Ni/c1-3-19(26)22(18-12-20(27)24(29)25(30)23(18)28)21-9-8-17(33-21)11-16-7-6-15(32-16)10-14-5-4-13(2)31-14;/h2-12,28,30-33H,1,26-27,29H2;/b15-10?,16-11?,22-19-,28-23?,30-25?;. The van der Waals surface area contributed by atoms with Crippen molar-refractivity contribution in [1.29, 1.82) is 10.8 Å². The predicted molar refractivity (Wildman–Crippen MR) is 134 cm³/mol. The zero-order valence-corrected chi connectivity index (χ0v) is 19.1. The maximum atomic E-state index is 8.39. The molecule has 34 heavy (non-hydrogen) atoms. The van der Waals surface area contributed by atoms with Crippen molar-refractivity contribution >= 4 is 34.1 Å². The van der Waals surface area contributed by atoms with Crippen molar-refractivity contribution in [1.82, 2.24) is 15.0 Å². The average Bonchev–Trinajstić information content (AvgIpc) is 3.58. The second-order valence-corrected chi connectivity index (χ2v) is 7.94. The van der Waals surface area contributed by atoms with Gasteiger partial charge in [0.2, 0.25) is 0 Å². The normalized spacial score (nSPS) is 16.1. The Kier molecular flexibility index (Phi) is 6.21. The molecule has 3 aromatic heterocycles. The van der Waals surface area contributed by atoms with E-state index in [9.17, 15) is 0 Å². The molecule has 3 heterocycles. The molecular formula is C25H24N8Ni. The van der Waals surface area contributed by atoms with Gasteiger partial charge in [0.1, 0.15) is 5.71 Å². The molecule has 0 saturated heterocycles. The first-order valence-corrected chi connectivity index (χ1v) is 10.8. The van der Waals surface area contributed by atoms with Gasteiger partial charge in [-0.25, -0.2) is 0 Å². The van der Waals surface area contributed by atoms with E-state index in [-0.39, 0.29) is 22.8 Å². The molecule has 0 saturated carbocycles. The van der Waals surface area contributed by atoms with Gasteiger partial charge in [-0.05, 0) is 12.2 Å². The first-order valence-electron chi connectivity index (χ1n) is 10.2. The van der Waals surface area contributed by atoms with Crippen molar-refractivity contribution in [3.8, 4) is 0 Å². The third-order valence-electron chi connectivity index (χ3n) is 5.34. The Labute approximate surface area is 203 Å². The zero-order valence-electron chi connectivity index (χ0n) is 18.1. The summed E-state index contributed by atoms with van der Waals surface area (Å²) in [6.07, 6.45) is 7.01. The number of nitrogens with one attached hydrogen (secondary N) is 5. The summed E-state index contributed by atoms with van der Waals surface area (Å²) in [5.74, 6) is 0. The fourth-order valence-electron chi connectivity index (χ4n) is 3.62. The van der Waals surface area contributed by atoms with Crippen LogP contribution in [0.1, 0.15) is 22.8 Å². The third kappa shape index (κ3) is 4.42. The van der Waals surface area contributed by atoms with Gasteiger partial charge in [0, 0.05) is 16.8 Å². The first-order chi connectivity index (χ1) is 16.3. The van der Waals surface area contributed by atoms with Gasteiger partial charge in [0.25, 0.3) is 0 Å². The maximum absolute atomic E-state index is 8.39. The van der Waals surface area contributed by atoms with Gasteiger partial charge in [-0.2, -0.15) is 0 Å². The van der Waals surface area contributed by atoms with E-state index in [0.717, 1.165) is 27.8 Å². The van der Waals surface area contributed by atoms with Crippen LogP contribution in [-0.2, 0) is 15.0 Å². The second kappa shape index (κ2) is 9.25. The summed E-state index contributed by atoms with van der Waals surface area (Å²) in [5.41, 5.74) is 22.8. The molecule has 0 spiro atoms. The SMILES string of the molecule is C=C/C(N)=C(\C1=CC(N)=C(N)C(=N)C1=N)c1ccc(C=c2ccc(=Cc3ccc([CH]=[Ni])[nH]3)[nH]2)[nH]1. The number of aromatic amines is 3. The molecule has 0 atom stereocenters. The van der Waals surface area contributed by atoms with Gasteiger partial charge in [0.15, 0.2) is 0 Å². The van der Waals surface area contributed by atoms with Crippen LogP contribution in [0, 0.1) is 10.8 Å². The van der Waals surface area contributed by atoms with Crippen LogP contribution in [0.4, 0.5) is 0 Å². The molecule has 11 N–H and O–H groups in total. The molecule has 0 unspecified atom stereocenters. The van der Waals surface area contributed by atoms with Gasteiger partial charge in [-0.1, -0.05) is 6.58 Å². The van der Waals surface area contributed by atoms with Crippen LogP contribution in [-0.4, -0.2) is 31.4 Å². The molecule has 4 rings (SSSR count). The molecule has 0 fully saturated rings. The van der Waals surface area contributed by atoms with Gasteiger partial charge >= 0.3 is 117 Å². The molecule has 8 nitrogen and oxygen atoms in total. The van der Waals surface area contributed by atoms with E-state index in [1.165, 1.54) is 6.08 Å². The van der Waals surface area contributed by atoms with Gasteiger partial charge in [-0.3, -0.25) is 10.8 Å². The number of aromatic nitrogens is 3. The van der Waals surface area contributed by atoms with Crippen molar-refractivity contribution in [2.45, 2.75) is 0 Å². The van der Waals surface area contributed by atoms with Crippen molar-refractivity contribution in [2.75, 3.05) is 0 Å². The second-order valence-electron chi connectivity index (χ2n) is 7.66. The predicted octanol–water partition coefficient (Wildman–Crippen LogP) is 0.990. The number of H-pyrrole nitrogens is 3. The number of allylic oxidation sites excluding steroid dienone is 5. The minimum atomic E-state index is -0.140. The molecule has 1 aliphatic carbocycles. The van der Waals surface area contributed by atoms with E-state index in [1.54, 1.807) is 11.1 Å². The summed E-state index contributed by atoms with van der Waals surface area (Å²) < 4.78 is 0. The molecule has 174 valence electrons. The Morgan fingerprint density at radius 1 is 0.853 bits per heavy atom. The number of hydrogen-bond donors (Lipinski definition) is 8. The van der Waals surface area contributed by atoms with Crippen LogP contribution in [0.3, 0.4) is 0 Å². The molecule has 0 aromatic carbocycles. The summed E-state index contributed by atoms with van der Waals surface area (Å²) in [5, 5.41) is 18.3. The molecule has 0 aliphatic heterocycles. The molecule has 0 bridgehead atoms. The number of nitrogens with two attached hydrogens (primary N) is 3. The average molecular weight is 495 g/mol. The van der Waals surface area contributed by atoms with Crippen LogP contribution in [0.2, 0.25) is 0 Å².